The molecule has 2 aromatic rings. The van der Waals surface area contributed by atoms with Crippen molar-refractivity contribution in [3.63, 3.8) is 0 Å². The standard InChI is InChI=1S/C16H19BrN2O2/c1-16(2,3)15-18-12(9-14(17)19-15)11-7-6-10(20-4)8-13(11)21-5/h6-9H,1-5H3. The molecular weight excluding hydrogens is 332 g/mol. The summed E-state index contributed by atoms with van der Waals surface area (Å²) in [5.74, 6) is 2.25. The molecule has 0 aliphatic carbocycles. The number of methoxy groups -OCH3 is 2. The average Bonchev–Trinajstić information content (AvgIpc) is 2.45. The van der Waals surface area contributed by atoms with Gasteiger partial charge < -0.3 is 9.47 Å². The Bertz CT molecular complexity index is 651. The van der Waals surface area contributed by atoms with Gasteiger partial charge in [-0.15, -0.1) is 0 Å². The van der Waals surface area contributed by atoms with Crippen LogP contribution in [0.5, 0.6) is 11.5 Å². The van der Waals surface area contributed by atoms with Crippen LogP contribution in [-0.4, -0.2) is 24.2 Å². The first-order valence-corrected chi connectivity index (χ1v) is 7.42. The molecule has 0 aliphatic rings. The van der Waals surface area contributed by atoms with Crippen LogP contribution in [0.2, 0.25) is 0 Å². The lowest BCUT2D eigenvalue weighted by molar-refractivity contribution is 0.395. The SMILES string of the molecule is COc1ccc(-c2cc(Br)nc(C(C)(C)C)n2)c(OC)c1. The second-order valence-corrected chi connectivity index (χ2v) is 6.53. The van der Waals surface area contributed by atoms with Crippen molar-refractivity contribution < 1.29 is 9.47 Å². The number of halogens is 1. The van der Waals surface area contributed by atoms with Crippen LogP contribution in [0.15, 0.2) is 28.9 Å². The van der Waals surface area contributed by atoms with Crippen molar-refractivity contribution in [2.75, 3.05) is 14.2 Å². The van der Waals surface area contributed by atoms with E-state index >= 15 is 0 Å². The maximum absolute atomic E-state index is 5.45. The van der Waals surface area contributed by atoms with E-state index < -0.39 is 0 Å². The summed E-state index contributed by atoms with van der Waals surface area (Å²) in [5.41, 5.74) is 1.60. The highest BCUT2D eigenvalue weighted by Gasteiger charge is 2.20. The highest BCUT2D eigenvalue weighted by atomic mass is 79.9. The molecule has 0 amide bonds. The van der Waals surface area contributed by atoms with Gasteiger partial charge in [0, 0.05) is 17.0 Å². The Kier molecular flexibility index (Phi) is 4.52. The second kappa shape index (κ2) is 6.02. The molecule has 112 valence electrons. The van der Waals surface area contributed by atoms with Crippen molar-refractivity contribution in [3.05, 3.63) is 34.7 Å². The van der Waals surface area contributed by atoms with E-state index in [9.17, 15) is 0 Å². The van der Waals surface area contributed by atoms with Gasteiger partial charge in [0.2, 0.25) is 0 Å². The Morgan fingerprint density at radius 1 is 1.00 bits per heavy atom. The first-order valence-electron chi connectivity index (χ1n) is 6.62. The third kappa shape index (κ3) is 3.53. The highest BCUT2D eigenvalue weighted by molar-refractivity contribution is 9.10. The van der Waals surface area contributed by atoms with E-state index in [1.54, 1.807) is 14.2 Å². The molecule has 0 atom stereocenters. The Balaban J connectivity index is 2.59. The van der Waals surface area contributed by atoms with E-state index in [0.29, 0.717) is 0 Å². The summed E-state index contributed by atoms with van der Waals surface area (Å²) in [5, 5.41) is 0. The third-order valence-corrected chi connectivity index (χ3v) is 3.46. The molecule has 0 N–H and O–H groups in total. The molecule has 1 aromatic heterocycles. The number of aromatic nitrogens is 2. The zero-order chi connectivity index (χ0) is 15.6. The zero-order valence-electron chi connectivity index (χ0n) is 12.9. The van der Waals surface area contributed by atoms with Gasteiger partial charge in [0.15, 0.2) is 0 Å². The molecule has 0 aliphatic heterocycles. The molecule has 0 bridgehead atoms. The molecule has 0 fully saturated rings. The van der Waals surface area contributed by atoms with E-state index in [1.807, 2.05) is 24.3 Å². The van der Waals surface area contributed by atoms with E-state index in [2.05, 4.69) is 46.7 Å². The monoisotopic (exact) mass is 350 g/mol. The quantitative estimate of drug-likeness (QED) is 0.777. The molecule has 0 unspecified atom stereocenters. The zero-order valence-corrected chi connectivity index (χ0v) is 14.5. The molecule has 21 heavy (non-hydrogen) atoms. The lowest BCUT2D eigenvalue weighted by atomic mass is 9.95. The largest absolute Gasteiger partial charge is 0.497 e. The van der Waals surface area contributed by atoms with Crippen molar-refractivity contribution in [3.8, 4) is 22.8 Å². The van der Waals surface area contributed by atoms with Gasteiger partial charge in [-0.3, -0.25) is 0 Å². The van der Waals surface area contributed by atoms with Crippen LogP contribution in [0, 0.1) is 0 Å². The van der Waals surface area contributed by atoms with E-state index in [-0.39, 0.29) is 5.41 Å². The van der Waals surface area contributed by atoms with Crippen LogP contribution in [0.1, 0.15) is 26.6 Å². The fraction of sp³-hybridized carbons (Fsp3) is 0.375. The first kappa shape index (κ1) is 15.8. The van der Waals surface area contributed by atoms with Crippen LogP contribution in [0.25, 0.3) is 11.3 Å². The molecular formula is C16H19BrN2O2. The first-order chi connectivity index (χ1) is 9.85. The molecule has 0 saturated carbocycles. The number of ether oxygens (including phenoxy) is 2. The Hall–Kier alpha value is -1.62. The normalized spacial score (nSPS) is 11.3. The predicted octanol–water partition coefficient (Wildman–Crippen LogP) is 4.22. The van der Waals surface area contributed by atoms with Crippen molar-refractivity contribution in [2.24, 2.45) is 0 Å². The highest BCUT2D eigenvalue weighted by Crippen LogP contribution is 2.34. The molecule has 0 saturated heterocycles. The molecule has 4 nitrogen and oxygen atoms in total. The smallest absolute Gasteiger partial charge is 0.135 e. The topological polar surface area (TPSA) is 44.2 Å². The number of hydrogen-bond acceptors (Lipinski definition) is 4. The van der Waals surface area contributed by atoms with E-state index in [0.717, 1.165) is 33.2 Å². The average molecular weight is 351 g/mol. The van der Waals surface area contributed by atoms with Gasteiger partial charge in [0.1, 0.15) is 21.9 Å². The Morgan fingerprint density at radius 3 is 2.29 bits per heavy atom. The van der Waals surface area contributed by atoms with Crippen LogP contribution in [0.4, 0.5) is 0 Å². The molecule has 0 radical (unpaired) electrons. The van der Waals surface area contributed by atoms with Gasteiger partial charge in [-0.05, 0) is 34.1 Å². The summed E-state index contributed by atoms with van der Waals surface area (Å²) >= 11 is 3.46. The summed E-state index contributed by atoms with van der Waals surface area (Å²) in [6.45, 7) is 6.26. The van der Waals surface area contributed by atoms with Gasteiger partial charge in [0.05, 0.1) is 19.9 Å². The fourth-order valence-corrected chi connectivity index (χ4v) is 2.29. The van der Waals surface area contributed by atoms with Gasteiger partial charge in [-0.2, -0.15) is 0 Å². The predicted molar refractivity (Wildman–Crippen MR) is 87.0 cm³/mol. The van der Waals surface area contributed by atoms with Crippen LogP contribution in [0.3, 0.4) is 0 Å². The molecule has 2 rings (SSSR count). The van der Waals surface area contributed by atoms with Crippen molar-refractivity contribution >= 4 is 15.9 Å². The lowest BCUT2D eigenvalue weighted by Gasteiger charge is -2.18. The van der Waals surface area contributed by atoms with Gasteiger partial charge in [-0.1, -0.05) is 20.8 Å². The Morgan fingerprint density at radius 2 is 1.71 bits per heavy atom. The third-order valence-electron chi connectivity index (χ3n) is 3.05. The fourth-order valence-electron chi connectivity index (χ4n) is 1.90. The van der Waals surface area contributed by atoms with Crippen LogP contribution in [-0.2, 0) is 5.41 Å². The number of nitrogens with zero attached hydrogens (tertiary/aromatic N) is 2. The minimum absolute atomic E-state index is 0.127. The van der Waals surface area contributed by atoms with Crippen molar-refractivity contribution in [1.82, 2.24) is 9.97 Å². The maximum atomic E-state index is 5.45. The van der Waals surface area contributed by atoms with E-state index in [1.165, 1.54) is 0 Å². The van der Waals surface area contributed by atoms with Gasteiger partial charge in [-0.25, -0.2) is 9.97 Å². The second-order valence-electron chi connectivity index (χ2n) is 5.72. The minimum Gasteiger partial charge on any atom is -0.497 e. The van der Waals surface area contributed by atoms with Gasteiger partial charge in [0.25, 0.3) is 0 Å². The summed E-state index contributed by atoms with van der Waals surface area (Å²) in [4.78, 5) is 9.14. The van der Waals surface area contributed by atoms with Crippen molar-refractivity contribution in [1.29, 1.82) is 0 Å². The van der Waals surface area contributed by atoms with Crippen LogP contribution < -0.4 is 9.47 Å². The summed E-state index contributed by atoms with van der Waals surface area (Å²) in [7, 11) is 3.27. The number of benzene rings is 1. The molecule has 1 aromatic carbocycles. The minimum atomic E-state index is -0.127. The number of rotatable bonds is 3. The maximum Gasteiger partial charge on any atom is 0.135 e. The van der Waals surface area contributed by atoms with E-state index in [4.69, 9.17) is 9.47 Å². The summed E-state index contributed by atoms with van der Waals surface area (Å²) < 4.78 is 11.4. The summed E-state index contributed by atoms with van der Waals surface area (Å²) in [6, 6.07) is 7.57. The molecule has 1 heterocycles. The van der Waals surface area contributed by atoms with Crippen LogP contribution >= 0.6 is 15.9 Å². The lowest BCUT2D eigenvalue weighted by Crippen LogP contribution is -2.16. The Labute approximate surface area is 133 Å². The summed E-state index contributed by atoms with van der Waals surface area (Å²) in [6.07, 6.45) is 0. The molecule has 5 heteroatoms. The number of hydrogen-bond donors (Lipinski definition) is 0. The van der Waals surface area contributed by atoms with Gasteiger partial charge >= 0.3 is 0 Å². The molecule has 0 spiro atoms. The van der Waals surface area contributed by atoms with Crippen molar-refractivity contribution in [2.45, 2.75) is 26.2 Å².